The molecular weight excluding hydrogens is 864 g/mol. The molecule has 1 amide bonds. The summed E-state index contributed by atoms with van der Waals surface area (Å²) in [4.78, 5) is 23.0. The lowest BCUT2D eigenvalue weighted by atomic mass is 10.0. The number of phosphoric acid groups is 1. The van der Waals surface area contributed by atoms with Gasteiger partial charge in [0.15, 0.2) is 0 Å². The Morgan fingerprint density at radius 1 is 0.515 bits per heavy atom. The van der Waals surface area contributed by atoms with Gasteiger partial charge in [-0.25, -0.2) is 4.57 Å². The zero-order valence-corrected chi connectivity index (χ0v) is 45.2. The van der Waals surface area contributed by atoms with Gasteiger partial charge in [-0.3, -0.25) is 13.8 Å². The molecule has 0 saturated heterocycles. The quantitative estimate of drug-likeness (QED) is 0.0243. The highest BCUT2D eigenvalue weighted by Crippen LogP contribution is 2.43. The van der Waals surface area contributed by atoms with Gasteiger partial charge in [-0.1, -0.05) is 226 Å². The number of aliphatic hydroxyl groups excluding tert-OH is 1. The van der Waals surface area contributed by atoms with E-state index in [9.17, 15) is 19.4 Å². The zero-order valence-electron chi connectivity index (χ0n) is 44.3. The van der Waals surface area contributed by atoms with Crippen LogP contribution in [0.3, 0.4) is 0 Å². The van der Waals surface area contributed by atoms with Crippen molar-refractivity contribution in [3.05, 3.63) is 109 Å². The van der Waals surface area contributed by atoms with Crippen molar-refractivity contribution in [2.45, 2.75) is 219 Å². The first-order valence-electron chi connectivity index (χ1n) is 27.3. The molecule has 390 valence electrons. The minimum absolute atomic E-state index is 0.0573. The van der Waals surface area contributed by atoms with Crippen LogP contribution >= 0.6 is 7.82 Å². The second-order valence-electron chi connectivity index (χ2n) is 19.2. The zero-order chi connectivity index (χ0) is 49.9. The topological polar surface area (TPSA) is 105 Å². The molecule has 0 aliphatic heterocycles. The van der Waals surface area contributed by atoms with Crippen LogP contribution in [0.5, 0.6) is 0 Å². The lowest BCUT2D eigenvalue weighted by Crippen LogP contribution is -2.45. The summed E-state index contributed by atoms with van der Waals surface area (Å²) in [6, 6.07) is -0.846. The Balaban J connectivity index is 3.81. The summed E-state index contributed by atoms with van der Waals surface area (Å²) in [5, 5.41) is 13.6. The van der Waals surface area contributed by atoms with Crippen molar-refractivity contribution < 1.29 is 32.9 Å². The molecule has 0 bridgehead atoms. The number of unbranched alkanes of at least 4 members (excludes halogenated alkanes) is 19. The van der Waals surface area contributed by atoms with Gasteiger partial charge in [0.1, 0.15) is 13.2 Å². The molecule has 0 saturated carbocycles. The molecule has 3 unspecified atom stereocenters. The maximum Gasteiger partial charge on any atom is 0.472 e. The molecule has 68 heavy (non-hydrogen) atoms. The molecule has 0 fully saturated rings. The maximum absolute atomic E-state index is 12.8. The number of quaternary nitrogens is 1. The molecule has 0 heterocycles. The van der Waals surface area contributed by atoms with Crippen LogP contribution in [0.1, 0.15) is 206 Å². The molecule has 0 aromatic rings. The third kappa shape index (κ3) is 51.0. The Morgan fingerprint density at radius 3 is 1.29 bits per heavy atom. The fraction of sp³-hybridized carbons (Fsp3) is 0.678. The lowest BCUT2D eigenvalue weighted by molar-refractivity contribution is -0.870. The van der Waals surface area contributed by atoms with Crippen LogP contribution < -0.4 is 5.32 Å². The number of amides is 1. The van der Waals surface area contributed by atoms with Gasteiger partial charge in [-0.05, 0) is 83.5 Å². The molecule has 0 rings (SSSR count). The number of carbonyl (C=O) groups is 1. The van der Waals surface area contributed by atoms with Crippen LogP contribution in [0.4, 0.5) is 0 Å². The summed E-state index contributed by atoms with van der Waals surface area (Å²) in [5.74, 6) is -0.188. The van der Waals surface area contributed by atoms with Crippen LogP contribution in [0.15, 0.2) is 109 Å². The van der Waals surface area contributed by atoms with E-state index in [2.05, 4.69) is 116 Å². The average molecular weight is 968 g/mol. The molecule has 8 nitrogen and oxygen atoms in total. The molecule has 0 aliphatic carbocycles. The number of hydrogen-bond acceptors (Lipinski definition) is 5. The predicted molar refractivity (Wildman–Crippen MR) is 295 cm³/mol. The number of hydrogen-bond donors (Lipinski definition) is 3. The average Bonchev–Trinajstić information content (AvgIpc) is 3.30. The van der Waals surface area contributed by atoms with Crippen LogP contribution in [0.2, 0.25) is 0 Å². The molecule has 3 atom stereocenters. The second-order valence-corrected chi connectivity index (χ2v) is 20.7. The van der Waals surface area contributed by atoms with E-state index in [1.165, 1.54) is 89.9 Å². The molecular formula is C59H104N2O6P+. The van der Waals surface area contributed by atoms with E-state index < -0.39 is 20.0 Å². The number of phosphoric ester groups is 1. The third-order valence-corrected chi connectivity index (χ3v) is 12.5. The van der Waals surface area contributed by atoms with Gasteiger partial charge in [-0.2, -0.15) is 0 Å². The largest absolute Gasteiger partial charge is 0.472 e. The van der Waals surface area contributed by atoms with Crippen LogP contribution in [-0.4, -0.2) is 73.4 Å². The van der Waals surface area contributed by atoms with Gasteiger partial charge in [0.25, 0.3) is 0 Å². The van der Waals surface area contributed by atoms with Crippen LogP contribution in [-0.2, 0) is 18.4 Å². The Bertz CT molecular complexity index is 1470. The van der Waals surface area contributed by atoms with Crippen molar-refractivity contribution in [3.63, 3.8) is 0 Å². The number of carbonyl (C=O) groups excluding carboxylic acids is 1. The summed E-state index contributed by atoms with van der Waals surface area (Å²) in [7, 11) is 1.56. The van der Waals surface area contributed by atoms with E-state index >= 15 is 0 Å². The Labute approximate surface area is 419 Å². The van der Waals surface area contributed by atoms with Crippen molar-refractivity contribution in [2.75, 3.05) is 40.9 Å². The predicted octanol–water partition coefficient (Wildman–Crippen LogP) is 16.4. The van der Waals surface area contributed by atoms with Gasteiger partial charge in [0, 0.05) is 6.42 Å². The number of aliphatic hydroxyl groups is 1. The summed E-state index contributed by atoms with van der Waals surface area (Å²) in [6.07, 6.45) is 72.5. The SMILES string of the molecule is CC/C=C\C/C=C\C/C=C\C/C=C\C/C=C\C/C=C\C/C=C\C/C=C\CCCCCCCCCCCCCCCCCCC(=O)NC(COP(=O)(O)OCC[N+](C)(C)C)C(O)/C=C/CCCCC. The highest BCUT2D eigenvalue weighted by Gasteiger charge is 2.27. The molecule has 0 radical (unpaired) electrons. The molecule has 0 aromatic carbocycles. The van der Waals surface area contributed by atoms with Crippen molar-refractivity contribution in [1.82, 2.24) is 5.32 Å². The van der Waals surface area contributed by atoms with E-state index in [-0.39, 0.29) is 19.1 Å². The van der Waals surface area contributed by atoms with E-state index in [1.807, 2.05) is 27.2 Å². The number of nitrogens with one attached hydrogen (secondary N) is 1. The van der Waals surface area contributed by atoms with Crippen molar-refractivity contribution in [1.29, 1.82) is 0 Å². The van der Waals surface area contributed by atoms with Crippen LogP contribution in [0.25, 0.3) is 0 Å². The van der Waals surface area contributed by atoms with Crippen LogP contribution in [0, 0.1) is 0 Å². The van der Waals surface area contributed by atoms with E-state index in [0.29, 0.717) is 17.4 Å². The Hall–Kier alpha value is -2.84. The van der Waals surface area contributed by atoms with Gasteiger partial charge < -0.3 is 19.8 Å². The number of rotatable bonds is 48. The first-order chi connectivity index (χ1) is 33.0. The number of allylic oxidation sites excluding steroid dienone is 17. The number of likely N-dealkylation sites (N-methyl/N-ethyl adjacent to an activating group) is 1. The maximum atomic E-state index is 12.8. The highest BCUT2D eigenvalue weighted by atomic mass is 31.2. The van der Waals surface area contributed by atoms with Gasteiger partial charge in [0.2, 0.25) is 5.91 Å². The minimum Gasteiger partial charge on any atom is -0.387 e. The minimum atomic E-state index is -4.33. The van der Waals surface area contributed by atoms with E-state index in [4.69, 9.17) is 9.05 Å². The van der Waals surface area contributed by atoms with Gasteiger partial charge in [0.05, 0.1) is 39.9 Å². The van der Waals surface area contributed by atoms with E-state index in [0.717, 1.165) is 96.3 Å². The molecule has 0 aliphatic rings. The monoisotopic (exact) mass is 968 g/mol. The van der Waals surface area contributed by atoms with Crippen molar-refractivity contribution >= 4 is 13.7 Å². The molecule has 0 spiro atoms. The van der Waals surface area contributed by atoms with E-state index in [1.54, 1.807) is 6.08 Å². The first kappa shape index (κ1) is 65.2. The molecule has 3 N–H and O–H groups in total. The Kier molecular flexibility index (Phi) is 47.1. The van der Waals surface area contributed by atoms with Crippen molar-refractivity contribution in [2.24, 2.45) is 0 Å². The highest BCUT2D eigenvalue weighted by molar-refractivity contribution is 7.47. The van der Waals surface area contributed by atoms with Gasteiger partial charge in [-0.15, -0.1) is 0 Å². The fourth-order valence-electron chi connectivity index (χ4n) is 7.23. The van der Waals surface area contributed by atoms with Gasteiger partial charge >= 0.3 is 7.82 Å². The summed E-state index contributed by atoms with van der Waals surface area (Å²) >= 11 is 0. The third-order valence-electron chi connectivity index (χ3n) is 11.5. The first-order valence-corrected chi connectivity index (χ1v) is 28.8. The summed E-state index contributed by atoms with van der Waals surface area (Å²) in [6.45, 7) is 4.57. The molecule has 0 aromatic heterocycles. The Morgan fingerprint density at radius 2 is 0.882 bits per heavy atom. The normalized spacial score (nSPS) is 14.9. The number of nitrogens with zero attached hydrogens (tertiary/aromatic N) is 1. The van der Waals surface area contributed by atoms with Crippen molar-refractivity contribution in [3.8, 4) is 0 Å². The fourth-order valence-corrected chi connectivity index (χ4v) is 7.97. The lowest BCUT2D eigenvalue weighted by Gasteiger charge is -2.25. The standard InChI is InChI=1S/C59H103N2O6P/c1-6-8-10-12-13-14-15-16-17-18-19-20-21-22-23-24-25-26-27-28-29-30-31-32-33-34-35-36-37-38-39-40-41-42-43-44-45-46-47-49-51-53-59(63)60-57(58(62)52-50-48-11-9-7-2)56-67-68(64,65)66-55-54-61(3,4)5/h8,10,13-14,16-17,19-20,22-23,25-26,28-29,31-32,50,52,57-58,62H,6-7,9,11-12,15,18,21,24,27,30,33-49,51,53-56H2,1-5H3,(H-,60,63,64,65)/p+1/b10-8-,14-13-,17-16-,20-19-,23-22-,26-25-,29-28-,32-31-,52-50+. The summed E-state index contributed by atoms with van der Waals surface area (Å²) in [5.41, 5.74) is 0. The second kappa shape index (κ2) is 49.2. The molecule has 9 heteroatoms. The summed E-state index contributed by atoms with van der Waals surface area (Å²) < 4.78 is 23.4. The smallest absolute Gasteiger partial charge is 0.387 e.